The third-order valence-corrected chi connectivity index (χ3v) is 3.00. The maximum Gasteiger partial charge on any atom is 0.00550 e. The van der Waals surface area contributed by atoms with Crippen molar-refractivity contribution in [2.45, 2.75) is 12.8 Å². The van der Waals surface area contributed by atoms with Gasteiger partial charge in [0.1, 0.15) is 0 Å². The van der Waals surface area contributed by atoms with Gasteiger partial charge in [-0.1, -0.05) is 37.3 Å². The molecule has 0 amide bonds. The zero-order valence-electron chi connectivity index (χ0n) is 8.98. The van der Waals surface area contributed by atoms with E-state index in [1.54, 1.807) is 0 Å². The van der Waals surface area contributed by atoms with Crippen LogP contribution in [0.4, 0.5) is 0 Å². The molecule has 1 aromatic carbocycles. The van der Waals surface area contributed by atoms with Gasteiger partial charge < -0.3 is 4.90 Å². The molecule has 0 saturated heterocycles. The van der Waals surface area contributed by atoms with Crippen molar-refractivity contribution >= 4 is 12.6 Å². The van der Waals surface area contributed by atoms with E-state index in [-0.39, 0.29) is 0 Å². The number of hydrogen-bond acceptors (Lipinski definition) is 2. The van der Waals surface area contributed by atoms with Crippen molar-refractivity contribution in [2.75, 3.05) is 25.9 Å². The molecular weight excluding hydrogens is 190 g/mol. The summed E-state index contributed by atoms with van der Waals surface area (Å²) in [7, 11) is 2.15. The average molecular weight is 209 g/mol. The van der Waals surface area contributed by atoms with Gasteiger partial charge in [-0.15, -0.1) is 0 Å². The van der Waals surface area contributed by atoms with E-state index < -0.39 is 0 Å². The summed E-state index contributed by atoms with van der Waals surface area (Å²) >= 11 is 4.41. The molecule has 1 atom stereocenters. The SMILES string of the molecule is CCN(C)CC(CS)c1ccccc1. The van der Waals surface area contributed by atoms with Crippen molar-refractivity contribution in [2.24, 2.45) is 0 Å². The minimum absolute atomic E-state index is 0.546. The molecule has 78 valence electrons. The fourth-order valence-corrected chi connectivity index (χ4v) is 1.83. The first-order valence-corrected chi connectivity index (χ1v) is 5.75. The van der Waals surface area contributed by atoms with Crippen LogP contribution in [0.1, 0.15) is 18.4 Å². The van der Waals surface area contributed by atoms with E-state index in [1.165, 1.54) is 5.56 Å². The number of thiol groups is 1. The Morgan fingerprint density at radius 3 is 2.43 bits per heavy atom. The maximum absolute atomic E-state index is 4.41. The molecule has 0 aliphatic heterocycles. The third kappa shape index (κ3) is 3.35. The van der Waals surface area contributed by atoms with E-state index >= 15 is 0 Å². The molecule has 0 spiro atoms. The van der Waals surface area contributed by atoms with Crippen LogP contribution in [0.3, 0.4) is 0 Å². The molecule has 0 aliphatic rings. The van der Waals surface area contributed by atoms with E-state index in [1.807, 2.05) is 0 Å². The van der Waals surface area contributed by atoms with Crippen molar-refractivity contribution in [1.29, 1.82) is 0 Å². The fourth-order valence-electron chi connectivity index (χ4n) is 1.50. The van der Waals surface area contributed by atoms with Gasteiger partial charge in [0, 0.05) is 12.5 Å². The normalized spacial score (nSPS) is 13.1. The van der Waals surface area contributed by atoms with Crippen molar-refractivity contribution in [3.63, 3.8) is 0 Å². The predicted molar refractivity (Wildman–Crippen MR) is 66.2 cm³/mol. The summed E-state index contributed by atoms with van der Waals surface area (Å²) in [5, 5.41) is 0. The highest BCUT2D eigenvalue weighted by atomic mass is 32.1. The molecule has 1 aromatic rings. The van der Waals surface area contributed by atoms with Crippen LogP contribution in [0, 0.1) is 0 Å². The first kappa shape index (κ1) is 11.6. The lowest BCUT2D eigenvalue weighted by molar-refractivity contribution is 0.335. The number of likely N-dealkylation sites (N-methyl/N-ethyl adjacent to an activating group) is 1. The molecule has 1 nitrogen and oxygen atoms in total. The number of benzene rings is 1. The maximum atomic E-state index is 4.41. The van der Waals surface area contributed by atoms with Crippen LogP contribution in [0.2, 0.25) is 0 Å². The molecule has 1 rings (SSSR count). The van der Waals surface area contributed by atoms with Gasteiger partial charge in [-0.05, 0) is 24.9 Å². The molecule has 0 heterocycles. The zero-order valence-corrected chi connectivity index (χ0v) is 9.87. The highest BCUT2D eigenvalue weighted by molar-refractivity contribution is 7.80. The van der Waals surface area contributed by atoms with Crippen molar-refractivity contribution in [1.82, 2.24) is 4.90 Å². The second kappa shape index (κ2) is 6.10. The molecule has 0 bridgehead atoms. The molecular formula is C12H19NS. The third-order valence-electron chi connectivity index (χ3n) is 2.56. The first-order chi connectivity index (χ1) is 6.77. The number of rotatable bonds is 5. The quantitative estimate of drug-likeness (QED) is 0.730. The van der Waals surface area contributed by atoms with Gasteiger partial charge in [0.2, 0.25) is 0 Å². The van der Waals surface area contributed by atoms with E-state index in [0.29, 0.717) is 5.92 Å². The van der Waals surface area contributed by atoms with Crippen LogP contribution >= 0.6 is 12.6 Å². The van der Waals surface area contributed by atoms with Gasteiger partial charge in [0.05, 0.1) is 0 Å². The Labute approximate surface area is 92.5 Å². The Bertz CT molecular complexity index is 248. The highest BCUT2D eigenvalue weighted by Crippen LogP contribution is 2.17. The minimum atomic E-state index is 0.546. The monoisotopic (exact) mass is 209 g/mol. The summed E-state index contributed by atoms with van der Waals surface area (Å²) in [6.07, 6.45) is 0. The molecule has 14 heavy (non-hydrogen) atoms. The van der Waals surface area contributed by atoms with Crippen LogP contribution in [-0.4, -0.2) is 30.8 Å². The standard InChI is InChI=1S/C12H19NS/c1-3-13(2)9-12(10-14)11-7-5-4-6-8-11/h4-8,12,14H,3,9-10H2,1-2H3. The Hall–Kier alpha value is -0.470. The molecule has 0 saturated carbocycles. The van der Waals surface area contributed by atoms with Gasteiger partial charge in [-0.3, -0.25) is 0 Å². The lowest BCUT2D eigenvalue weighted by atomic mass is 10.0. The van der Waals surface area contributed by atoms with Gasteiger partial charge in [0.25, 0.3) is 0 Å². The Kier molecular flexibility index (Phi) is 5.05. The van der Waals surface area contributed by atoms with E-state index in [4.69, 9.17) is 0 Å². The van der Waals surface area contributed by atoms with Crippen LogP contribution < -0.4 is 0 Å². The second-order valence-electron chi connectivity index (χ2n) is 3.65. The summed E-state index contributed by atoms with van der Waals surface area (Å²) in [6, 6.07) is 10.6. The lowest BCUT2D eigenvalue weighted by Gasteiger charge is -2.21. The Morgan fingerprint density at radius 1 is 1.29 bits per heavy atom. The van der Waals surface area contributed by atoms with Crippen LogP contribution in [-0.2, 0) is 0 Å². The molecule has 2 heteroatoms. The van der Waals surface area contributed by atoms with E-state index in [0.717, 1.165) is 18.8 Å². The van der Waals surface area contributed by atoms with E-state index in [9.17, 15) is 0 Å². The molecule has 0 aliphatic carbocycles. The first-order valence-electron chi connectivity index (χ1n) is 5.12. The van der Waals surface area contributed by atoms with Crippen molar-refractivity contribution in [3.05, 3.63) is 35.9 Å². The molecule has 0 aromatic heterocycles. The van der Waals surface area contributed by atoms with E-state index in [2.05, 4.69) is 61.8 Å². The van der Waals surface area contributed by atoms with Crippen molar-refractivity contribution in [3.8, 4) is 0 Å². The average Bonchev–Trinajstić information content (AvgIpc) is 2.26. The molecule has 0 radical (unpaired) electrons. The lowest BCUT2D eigenvalue weighted by Crippen LogP contribution is -2.25. The van der Waals surface area contributed by atoms with Crippen LogP contribution in [0.15, 0.2) is 30.3 Å². The van der Waals surface area contributed by atoms with Gasteiger partial charge in [0.15, 0.2) is 0 Å². The topological polar surface area (TPSA) is 3.24 Å². The Morgan fingerprint density at radius 2 is 1.93 bits per heavy atom. The van der Waals surface area contributed by atoms with Gasteiger partial charge in [-0.2, -0.15) is 12.6 Å². The second-order valence-corrected chi connectivity index (χ2v) is 4.01. The summed E-state index contributed by atoms with van der Waals surface area (Å²) < 4.78 is 0. The summed E-state index contributed by atoms with van der Waals surface area (Å²) in [5.41, 5.74) is 1.39. The predicted octanol–water partition coefficient (Wildman–Crippen LogP) is 2.65. The minimum Gasteiger partial charge on any atom is -0.306 e. The fraction of sp³-hybridized carbons (Fsp3) is 0.500. The van der Waals surface area contributed by atoms with Crippen molar-refractivity contribution < 1.29 is 0 Å². The Balaban J connectivity index is 2.63. The summed E-state index contributed by atoms with van der Waals surface area (Å²) in [4.78, 5) is 2.33. The largest absolute Gasteiger partial charge is 0.306 e. The van der Waals surface area contributed by atoms with Crippen LogP contribution in [0.5, 0.6) is 0 Å². The van der Waals surface area contributed by atoms with Crippen LogP contribution in [0.25, 0.3) is 0 Å². The summed E-state index contributed by atoms with van der Waals surface area (Å²) in [6.45, 7) is 4.36. The van der Waals surface area contributed by atoms with Gasteiger partial charge >= 0.3 is 0 Å². The summed E-state index contributed by atoms with van der Waals surface area (Å²) in [5.74, 6) is 1.46. The smallest absolute Gasteiger partial charge is 0.00550 e. The highest BCUT2D eigenvalue weighted by Gasteiger charge is 2.10. The molecule has 1 unspecified atom stereocenters. The number of hydrogen-bond donors (Lipinski definition) is 1. The van der Waals surface area contributed by atoms with Gasteiger partial charge in [-0.25, -0.2) is 0 Å². The number of nitrogens with zero attached hydrogens (tertiary/aromatic N) is 1. The zero-order chi connectivity index (χ0) is 10.4. The molecule has 0 N–H and O–H groups in total. The molecule has 0 fully saturated rings.